The van der Waals surface area contributed by atoms with Crippen LogP contribution in [0.15, 0.2) is 89.5 Å². The molecule has 2 aliphatic heterocycles. The minimum absolute atomic E-state index is 0.0112. The number of hydrogen-bond donors (Lipinski definition) is 1. The van der Waals surface area contributed by atoms with Crippen LogP contribution >= 0.6 is 22.6 Å². The van der Waals surface area contributed by atoms with Crippen LogP contribution in [0.3, 0.4) is 0 Å². The molecule has 0 bridgehead atoms. The smallest absolute Gasteiger partial charge is 0.261 e. The highest BCUT2D eigenvalue weighted by molar-refractivity contribution is 14.1. The molecule has 4 aliphatic rings. The Balaban J connectivity index is 1.24. The number of amides is 2. The van der Waals surface area contributed by atoms with Crippen LogP contribution in [0.25, 0.3) is 6.08 Å². The van der Waals surface area contributed by atoms with E-state index >= 15 is 0 Å². The lowest BCUT2D eigenvalue weighted by Crippen LogP contribution is -2.66. The Kier molecular flexibility index (Phi) is 11.6. The standard InChI is InChI=1S/C45H54INO6Si/c1-29(23-30-24-37(46)42(48)39(25-30)51-5)21-22-38-40-31(26-35-41(36(40)28-52-38)44(50)47(43(35)49)32-15-9-6-10-16-32)27-53-54(45(2,3)4,33-17-11-7-12-18-33)34-19-13-8-14-20-34/h7-8,11-14,17-20,23-25,32,35-36,38,41,48H,6,9-10,15-16,21-22,26-28H2,1-5H3/b29-23+/t35-,36+,38-,41-/m1/s1. The van der Waals surface area contributed by atoms with Crippen LogP contribution < -0.4 is 15.1 Å². The third-order valence-corrected chi connectivity index (χ3v) is 18.2. The number of likely N-dealkylation sites (tertiary alicyclic amines) is 1. The Morgan fingerprint density at radius 3 is 2.22 bits per heavy atom. The summed E-state index contributed by atoms with van der Waals surface area (Å²) in [5.74, 6) is -0.253. The number of hydrogen-bond acceptors (Lipinski definition) is 6. The molecule has 2 amide bonds. The Morgan fingerprint density at radius 2 is 1.61 bits per heavy atom. The van der Waals surface area contributed by atoms with Gasteiger partial charge in [-0.2, -0.15) is 0 Å². The Labute approximate surface area is 335 Å². The number of rotatable bonds is 11. The second-order valence-electron chi connectivity index (χ2n) is 16.7. The monoisotopic (exact) mass is 859 g/mol. The molecular formula is C45H54INO6Si. The first-order chi connectivity index (χ1) is 25.9. The van der Waals surface area contributed by atoms with E-state index in [9.17, 15) is 14.7 Å². The maximum absolute atomic E-state index is 14.4. The van der Waals surface area contributed by atoms with Gasteiger partial charge in [0.05, 0.1) is 41.8 Å². The summed E-state index contributed by atoms with van der Waals surface area (Å²) in [6.07, 6.45) is 9.15. The van der Waals surface area contributed by atoms with Crippen molar-refractivity contribution in [2.45, 2.75) is 96.2 Å². The zero-order valence-corrected chi connectivity index (χ0v) is 35.4. The molecule has 2 saturated heterocycles. The Morgan fingerprint density at radius 1 is 0.963 bits per heavy atom. The number of methoxy groups -OCH3 is 1. The van der Waals surface area contributed by atoms with E-state index in [2.05, 4.69) is 117 Å². The van der Waals surface area contributed by atoms with Crippen LogP contribution in [0, 0.1) is 21.3 Å². The van der Waals surface area contributed by atoms with Gasteiger partial charge in [-0.3, -0.25) is 14.5 Å². The fraction of sp³-hybridized carbons (Fsp3) is 0.467. The Hall–Kier alpha value is -3.25. The second-order valence-corrected chi connectivity index (χ2v) is 22.2. The molecule has 286 valence electrons. The van der Waals surface area contributed by atoms with Gasteiger partial charge in [0.15, 0.2) is 11.5 Å². The molecule has 3 aromatic carbocycles. The van der Waals surface area contributed by atoms with Crippen molar-refractivity contribution in [2.24, 2.45) is 17.8 Å². The normalized spacial score (nSPS) is 23.9. The zero-order valence-electron chi connectivity index (χ0n) is 32.3. The van der Waals surface area contributed by atoms with Crippen LogP contribution in [0.2, 0.25) is 5.04 Å². The highest BCUT2D eigenvalue weighted by Crippen LogP contribution is 2.51. The minimum atomic E-state index is -2.88. The van der Waals surface area contributed by atoms with Crippen molar-refractivity contribution in [1.82, 2.24) is 4.90 Å². The van der Waals surface area contributed by atoms with Crippen molar-refractivity contribution in [3.63, 3.8) is 0 Å². The van der Waals surface area contributed by atoms with E-state index in [0.29, 0.717) is 25.4 Å². The molecule has 9 heteroatoms. The molecule has 4 atom stereocenters. The van der Waals surface area contributed by atoms with E-state index in [-0.39, 0.29) is 52.5 Å². The summed E-state index contributed by atoms with van der Waals surface area (Å²) >= 11 is 2.13. The summed E-state index contributed by atoms with van der Waals surface area (Å²) in [4.78, 5) is 30.4. The number of aromatic hydroxyl groups is 1. The first-order valence-corrected chi connectivity index (χ1v) is 22.6. The van der Waals surface area contributed by atoms with E-state index in [1.54, 1.807) is 12.0 Å². The predicted molar refractivity (Wildman–Crippen MR) is 224 cm³/mol. The van der Waals surface area contributed by atoms with Crippen molar-refractivity contribution >= 4 is 59.2 Å². The second kappa shape index (κ2) is 16.1. The van der Waals surface area contributed by atoms with Gasteiger partial charge in [-0.1, -0.05) is 112 Å². The van der Waals surface area contributed by atoms with E-state index in [1.807, 2.05) is 12.1 Å². The molecule has 0 aromatic heterocycles. The van der Waals surface area contributed by atoms with Crippen molar-refractivity contribution in [3.8, 4) is 11.5 Å². The third-order valence-electron chi connectivity index (χ3n) is 12.3. The number of carbonyl (C=O) groups excluding carboxylic acids is 2. The Bertz CT molecular complexity index is 1880. The van der Waals surface area contributed by atoms with Gasteiger partial charge in [0.1, 0.15) is 0 Å². The number of phenols is 1. The fourth-order valence-electron chi connectivity index (χ4n) is 9.83. The number of nitrogens with zero attached hydrogens (tertiary/aromatic N) is 1. The number of fused-ring (bicyclic) bond motifs is 3. The molecule has 2 aliphatic carbocycles. The average molecular weight is 860 g/mol. The number of imide groups is 1. The molecule has 2 heterocycles. The van der Waals surface area contributed by atoms with Crippen LogP contribution in [-0.4, -0.2) is 62.6 Å². The molecule has 1 N–H and O–H groups in total. The lowest BCUT2D eigenvalue weighted by molar-refractivity contribution is -0.143. The van der Waals surface area contributed by atoms with E-state index in [0.717, 1.165) is 53.2 Å². The molecule has 0 radical (unpaired) electrons. The largest absolute Gasteiger partial charge is 0.504 e. The zero-order chi connectivity index (χ0) is 38.2. The summed E-state index contributed by atoms with van der Waals surface area (Å²) in [5, 5.41) is 12.6. The fourth-order valence-corrected chi connectivity index (χ4v) is 15.0. The van der Waals surface area contributed by atoms with Gasteiger partial charge >= 0.3 is 0 Å². The SMILES string of the molecule is COc1cc(/C=C(\C)CC[C@H]2OC[C@H]3C2=C(CO[Si](c2ccccc2)(c2ccccc2)C(C)(C)C)C[C@H]2C(=O)N(C4CCCCC4)C(=O)[C@H]23)cc(I)c1O. The number of carbonyl (C=O) groups is 2. The summed E-state index contributed by atoms with van der Waals surface area (Å²) in [6.45, 7) is 9.83. The van der Waals surface area contributed by atoms with Gasteiger partial charge in [0.2, 0.25) is 11.8 Å². The number of ether oxygens (including phenoxy) is 2. The quantitative estimate of drug-likeness (QED) is 0.0903. The van der Waals surface area contributed by atoms with Crippen molar-refractivity contribution in [2.75, 3.05) is 20.3 Å². The van der Waals surface area contributed by atoms with Crippen LogP contribution in [-0.2, 0) is 18.8 Å². The highest BCUT2D eigenvalue weighted by Gasteiger charge is 2.59. The maximum Gasteiger partial charge on any atom is 0.261 e. The number of halogens is 1. The predicted octanol–water partition coefficient (Wildman–Crippen LogP) is 8.41. The maximum atomic E-state index is 14.4. The molecular weight excluding hydrogens is 805 g/mol. The van der Waals surface area contributed by atoms with Gasteiger partial charge in [-0.05, 0) is 106 Å². The molecule has 54 heavy (non-hydrogen) atoms. The lowest BCUT2D eigenvalue weighted by Gasteiger charge is -2.44. The van der Waals surface area contributed by atoms with Crippen molar-refractivity contribution in [3.05, 3.63) is 98.6 Å². The first-order valence-electron chi connectivity index (χ1n) is 19.6. The van der Waals surface area contributed by atoms with Crippen LogP contribution in [0.5, 0.6) is 11.5 Å². The van der Waals surface area contributed by atoms with Gasteiger partial charge < -0.3 is 19.0 Å². The van der Waals surface area contributed by atoms with E-state index in [1.165, 1.54) is 27.9 Å². The summed E-state index contributed by atoms with van der Waals surface area (Å²) in [7, 11) is -1.31. The van der Waals surface area contributed by atoms with Crippen LogP contribution in [0.4, 0.5) is 0 Å². The lowest BCUT2D eigenvalue weighted by atomic mass is 9.69. The molecule has 0 spiro atoms. The summed E-state index contributed by atoms with van der Waals surface area (Å²) in [6, 6.07) is 25.2. The number of phenolic OH excluding ortho intramolecular Hbond substituents is 1. The van der Waals surface area contributed by atoms with Crippen molar-refractivity contribution in [1.29, 1.82) is 0 Å². The molecule has 7 rings (SSSR count). The van der Waals surface area contributed by atoms with Gasteiger partial charge in [0, 0.05) is 12.0 Å². The third kappa shape index (κ3) is 7.26. The van der Waals surface area contributed by atoms with Crippen molar-refractivity contribution < 1.29 is 28.6 Å². The summed E-state index contributed by atoms with van der Waals surface area (Å²) < 4.78 is 20.4. The van der Waals surface area contributed by atoms with Gasteiger partial charge in [-0.15, -0.1) is 0 Å². The topological polar surface area (TPSA) is 85.3 Å². The van der Waals surface area contributed by atoms with E-state index in [4.69, 9.17) is 13.9 Å². The number of benzene rings is 3. The average Bonchev–Trinajstić information content (AvgIpc) is 3.70. The molecule has 1 saturated carbocycles. The molecule has 0 unspecified atom stereocenters. The first kappa shape index (κ1) is 39.0. The summed E-state index contributed by atoms with van der Waals surface area (Å²) in [5.41, 5.74) is 4.48. The van der Waals surface area contributed by atoms with Gasteiger partial charge in [-0.25, -0.2) is 0 Å². The minimum Gasteiger partial charge on any atom is -0.504 e. The highest BCUT2D eigenvalue weighted by atomic mass is 127. The van der Waals surface area contributed by atoms with Gasteiger partial charge in [0.25, 0.3) is 8.32 Å². The van der Waals surface area contributed by atoms with E-state index < -0.39 is 8.32 Å². The molecule has 3 fully saturated rings. The number of allylic oxidation sites excluding steroid dienone is 1. The molecule has 3 aromatic rings. The van der Waals surface area contributed by atoms with Crippen LogP contribution in [0.1, 0.15) is 84.6 Å². The molecule has 7 nitrogen and oxygen atoms in total.